The van der Waals surface area contributed by atoms with Crippen LogP contribution in [0.5, 0.6) is 0 Å². The lowest BCUT2D eigenvalue weighted by atomic mass is 9.96. The van der Waals surface area contributed by atoms with Crippen LogP contribution in [0.25, 0.3) is 88.3 Å². The summed E-state index contributed by atoms with van der Waals surface area (Å²) < 4.78 is 6.59. The van der Waals surface area contributed by atoms with E-state index < -0.39 is 0 Å². The van der Waals surface area contributed by atoms with Gasteiger partial charge < -0.3 is 9.32 Å². The quantitative estimate of drug-likeness (QED) is 0.143. The van der Waals surface area contributed by atoms with E-state index in [0.717, 1.165) is 61.6 Å². The Labute approximate surface area is 349 Å². The highest BCUT2D eigenvalue weighted by Crippen LogP contribution is 2.43. The highest BCUT2D eigenvalue weighted by Gasteiger charge is 2.19. The van der Waals surface area contributed by atoms with Crippen molar-refractivity contribution in [3.63, 3.8) is 0 Å². The number of fused-ring (bicyclic) bond motifs is 4. The minimum absolute atomic E-state index is 0.881. The van der Waals surface area contributed by atoms with Crippen molar-refractivity contribution in [1.82, 2.24) is 0 Å². The van der Waals surface area contributed by atoms with Crippen LogP contribution in [0, 0.1) is 0 Å². The van der Waals surface area contributed by atoms with E-state index in [1.165, 1.54) is 43.8 Å². The molecular formula is C58H39NO. The largest absolute Gasteiger partial charge is 0.455 e. The molecule has 60 heavy (non-hydrogen) atoms. The van der Waals surface area contributed by atoms with Gasteiger partial charge in [0, 0.05) is 33.6 Å². The number of para-hydroxylation sites is 1. The third-order valence-corrected chi connectivity index (χ3v) is 11.7. The second-order valence-electron chi connectivity index (χ2n) is 15.3. The van der Waals surface area contributed by atoms with E-state index >= 15 is 0 Å². The molecule has 2 heteroatoms. The summed E-state index contributed by atoms with van der Waals surface area (Å²) in [7, 11) is 0. The minimum atomic E-state index is 0.881. The molecule has 0 aliphatic rings. The molecule has 0 N–H and O–H groups in total. The van der Waals surface area contributed by atoms with Crippen LogP contribution in [0.1, 0.15) is 0 Å². The predicted molar refractivity (Wildman–Crippen MR) is 253 cm³/mol. The topological polar surface area (TPSA) is 16.4 Å². The lowest BCUT2D eigenvalue weighted by molar-refractivity contribution is 0.632. The van der Waals surface area contributed by atoms with Crippen molar-refractivity contribution in [1.29, 1.82) is 0 Å². The van der Waals surface area contributed by atoms with Crippen molar-refractivity contribution in [3.05, 3.63) is 237 Å². The van der Waals surface area contributed by atoms with Crippen molar-refractivity contribution in [2.24, 2.45) is 0 Å². The Morgan fingerprint density at radius 3 is 1.42 bits per heavy atom. The highest BCUT2D eigenvalue weighted by molar-refractivity contribution is 6.08. The molecule has 0 saturated heterocycles. The second-order valence-corrected chi connectivity index (χ2v) is 15.3. The van der Waals surface area contributed by atoms with E-state index in [4.69, 9.17) is 4.42 Å². The first-order valence-corrected chi connectivity index (χ1v) is 20.5. The van der Waals surface area contributed by atoms with Gasteiger partial charge in [-0.05, 0) is 109 Å². The standard InChI is InChI=1S/C58H39NO/c1-3-12-40(13-4-1)41-22-24-42(25-23-41)43-28-32-50(33-29-43)59(52-36-37-54-48(39-52)27-26-45-14-7-8-19-53(45)54)51-34-30-44(31-35-51)47-17-11-18-49(38-47)58-57(46-15-5-2-6-16-46)55-20-9-10-21-56(55)60-58/h1-39H. The summed E-state index contributed by atoms with van der Waals surface area (Å²) in [4.78, 5) is 2.36. The molecule has 1 heterocycles. The number of nitrogens with zero attached hydrogens (tertiary/aromatic N) is 1. The van der Waals surface area contributed by atoms with Gasteiger partial charge in [-0.2, -0.15) is 0 Å². The molecule has 0 amide bonds. The van der Waals surface area contributed by atoms with Gasteiger partial charge in [0.25, 0.3) is 0 Å². The molecule has 0 fully saturated rings. The molecule has 0 atom stereocenters. The molecule has 1 aromatic heterocycles. The van der Waals surface area contributed by atoms with Crippen LogP contribution >= 0.6 is 0 Å². The molecule has 11 aromatic rings. The van der Waals surface area contributed by atoms with Gasteiger partial charge >= 0.3 is 0 Å². The minimum Gasteiger partial charge on any atom is -0.455 e. The van der Waals surface area contributed by atoms with E-state index in [1.807, 2.05) is 12.1 Å². The molecule has 0 aliphatic heterocycles. The number of rotatable bonds is 8. The number of anilines is 3. The molecule has 0 radical (unpaired) electrons. The monoisotopic (exact) mass is 765 g/mol. The van der Waals surface area contributed by atoms with Gasteiger partial charge in [0.15, 0.2) is 0 Å². The number of furan rings is 1. The van der Waals surface area contributed by atoms with Crippen LogP contribution in [0.3, 0.4) is 0 Å². The van der Waals surface area contributed by atoms with Gasteiger partial charge in [0.2, 0.25) is 0 Å². The zero-order valence-corrected chi connectivity index (χ0v) is 32.9. The molecule has 0 aliphatic carbocycles. The second kappa shape index (κ2) is 15.1. The maximum absolute atomic E-state index is 6.59. The molecule has 0 saturated carbocycles. The molecule has 0 spiro atoms. The SMILES string of the molecule is c1ccc(-c2ccc(-c3ccc(N(c4ccc(-c5cccc(-c6oc7ccccc7c6-c6ccccc6)c5)cc4)c4ccc5c(ccc6ccccc65)c4)cc3)cc2)cc1. The molecule has 282 valence electrons. The smallest absolute Gasteiger partial charge is 0.143 e. The Bertz CT molecular complexity index is 3270. The summed E-state index contributed by atoms with van der Waals surface area (Å²) in [5.41, 5.74) is 14.5. The average molecular weight is 766 g/mol. The first-order valence-electron chi connectivity index (χ1n) is 20.5. The molecule has 10 aromatic carbocycles. The summed E-state index contributed by atoms with van der Waals surface area (Å²) >= 11 is 0. The Morgan fingerprint density at radius 1 is 0.267 bits per heavy atom. The van der Waals surface area contributed by atoms with Gasteiger partial charge in [-0.15, -0.1) is 0 Å². The van der Waals surface area contributed by atoms with E-state index in [2.05, 4.69) is 229 Å². The fourth-order valence-corrected chi connectivity index (χ4v) is 8.66. The van der Waals surface area contributed by atoms with Crippen LogP contribution in [-0.2, 0) is 0 Å². The molecule has 2 nitrogen and oxygen atoms in total. The first kappa shape index (κ1) is 35.2. The normalized spacial score (nSPS) is 11.3. The summed E-state index contributed by atoms with van der Waals surface area (Å²) in [5, 5.41) is 6.09. The number of benzene rings is 10. The van der Waals surface area contributed by atoms with E-state index in [1.54, 1.807) is 0 Å². The van der Waals surface area contributed by atoms with Crippen LogP contribution in [0.4, 0.5) is 17.1 Å². The Morgan fingerprint density at radius 2 is 0.733 bits per heavy atom. The molecule has 0 unspecified atom stereocenters. The van der Waals surface area contributed by atoms with Crippen LogP contribution in [0.15, 0.2) is 241 Å². The van der Waals surface area contributed by atoms with Gasteiger partial charge in [0.05, 0.1) is 0 Å². The lowest BCUT2D eigenvalue weighted by Gasteiger charge is -2.26. The fourth-order valence-electron chi connectivity index (χ4n) is 8.66. The fraction of sp³-hybridized carbons (Fsp3) is 0. The van der Waals surface area contributed by atoms with Crippen molar-refractivity contribution in [2.75, 3.05) is 4.90 Å². The van der Waals surface area contributed by atoms with Crippen molar-refractivity contribution in [3.8, 4) is 55.8 Å². The van der Waals surface area contributed by atoms with Gasteiger partial charge in [-0.3, -0.25) is 0 Å². The van der Waals surface area contributed by atoms with Crippen molar-refractivity contribution in [2.45, 2.75) is 0 Å². The van der Waals surface area contributed by atoms with E-state index in [9.17, 15) is 0 Å². The van der Waals surface area contributed by atoms with E-state index in [-0.39, 0.29) is 0 Å². The summed E-state index contributed by atoms with van der Waals surface area (Å²) in [6.45, 7) is 0. The van der Waals surface area contributed by atoms with Gasteiger partial charge in [-0.1, -0.05) is 188 Å². The molecular weight excluding hydrogens is 727 g/mol. The molecule has 11 rings (SSSR count). The Kier molecular flexibility index (Phi) is 8.87. The average Bonchev–Trinajstić information content (AvgIpc) is 3.73. The lowest BCUT2D eigenvalue weighted by Crippen LogP contribution is -2.09. The zero-order chi connectivity index (χ0) is 39.8. The highest BCUT2D eigenvalue weighted by atomic mass is 16.3. The Hall–Kier alpha value is -7.94. The van der Waals surface area contributed by atoms with Crippen molar-refractivity contribution < 1.29 is 4.42 Å². The van der Waals surface area contributed by atoms with Gasteiger partial charge in [0.1, 0.15) is 11.3 Å². The third kappa shape index (κ3) is 6.51. The molecule has 0 bridgehead atoms. The zero-order valence-electron chi connectivity index (χ0n) is 32.9. The van der Waals surface area contributed by atoms with Crippen LogP contribution in [0.2, 0.25) is 0 Å². The Balaban J connectivity index is 0.963. The van der Waals surface area contributed by atoms with Crippen LogP contribution < -0.4 is 4.90 Å². The predicted octanol–water partition coefficient (Wildman–Crippen LogP) is 16.5. The van der Waals surface area contributed by atoms with Crippen LogP contribution in [-0.4, -0.2) is 0 Å². The third-order valence-electron chi connectivity index (χ3n) is 11.7. The maximum atomic E-state index is 6.59. The first-order chi connectivity index (χ1) is 29.7. The summed E-state index contributed by atoms with van der Waals surface area (Å²) in [6, 6.07) is 84.7. The number of hydrogen-bond donors (Lipinski definition) is 0. The number of hydrogen-bond acceptors (Lipinski definition) is 2. The van der Waals surface area contributed by atoms with E-state index in [0.29, 0.717) is 0 Å². The van der Waals surface area contributed by atoms with Gasteiger partial charge in [-0.25, -0.2) is 0 Å². The summed E-state index contributed by atoms with van der Waals surface area (Å²) in [6.07, 6.45) is 0. The maximum Gasteiger partial charge on any atom is 0.143 e. The summed E-state index contributed by atoms with van der Waals surface area (Å²) in [5.74, 6) is 0.881. The van der Waals surface area contributed by atoms with Crippen molar-refractivity contribution >= 4 is 49.6 Å².